The number of ether oxygens (including phenoxy) is 1. The number of benzene rings is 1. The van der Waals surface area contributed by atoms with Gasteiger partial charge in [-0.2, -0.15) is 5.10 Å². The third-order valence-corrected chi connectivity index (χ3v) is 3.18. The van der Waals surface area contributed by atoms with Crippen LogP contribution in [0, 0.1) is 5.82 Å². The third-order valence-electron chi connectivity index (χ3n) is 2.87. The Kier molecular flexibility index (Phi) is 4.39. The lowest BCUT2D eigenvalue weighted by atomic mass is 10.1. The lowest BCUT2D eigenvalue weighted by molar-refractivity contribution is 0.102. The molecule has 1 aromatic heterocycles. The minimum Gasteiger partial charge on any atom is -0.493 e. The van der Waals surface area contributed by atoms with Crippen LogP contribution in [0.25, 0.3) is 0 Å². The van der Waals surface area contributed by atoms with Crippen molar-refractivity contribution in [2.45, 2.75) is 19.9 Å². The van der Waals surface area contributed by atoms with Crippen LogP contribution in [0.1, 0.15) is 29.4 Å². The third kappa shape index (κ3) is 2.54. The Balaban J connectivity index is 2.55. The molecule has 1 aromatic carbocycles. The van der Waals surface area contributed by atoms with E-state index in [1.807, 2.05) is 6.92 Å². The number of carbonyl (C=O) groups excluding carboxylic acids is 1. The van der Waals surface area contributed by atoms with Crippen molar-refractivity contribution < 1.29 is 13.9 Å². The molecule has 0 aliphatic carbocycles. The van der Waals surface area contributed by atoms with Gasteiger partial charge in [0.1, 0.15) is 5.82 Å². The maximum Gasteiger partial charge on any atom is 0.219 e. The van der Waals surface area contributed by atoms with Crippen LogP contribution < -0.4 is 4.74 Å². The maximum atomic E-state index is 13.9. The summed E-state index contributed by atoms with van der Waals surface area (Å²) in [6.07, 6.45) is 2.23. The number of ketones is 1. The number of carbonyl (C=O) groups is 1. The zero-order valence-corrected chi connectivity index (χ0v) is 11.9. The van der Waals surface area contributed by atoms with E-state index in [1.54, 1.807) is 0 Å². The minimum absolute atomic E-state index is 0.0706. The SMILES string of the molecule is CCCn1ncc(OC)c1C(=O)c1c(F)cccc1Cl. The first-order chi connectivity index (χ1) is 9.60. The summed E-state index contributed by atoms with van der Waals surface area (Å²) in [6.45, 7) is 2.50. The van der Waals surface area contributed by atoms with E-state index in [0.717, 1.165) is 6.42 Å². The molecule has 4 nitrogen and oxygen atoms in total. The van der Waals surface area contributed by atoms with Crippen molar-refractivity contribution in [3.8, 4) is 5.75 Å². The summed E-state index contributed by atoms with van der Waals surface area (Å²) in [5.41, 5.74) is 0.0478. The highest BCUT2D eigenvalue weighted by atomic mass is 35.5. The quantitative estimate of drug-likeness (QED) is 0.795. The molecule has 0 fully saturated rings. The van der Waals surface area contributed by atoms with E-state index < -0.39 is 11.6 Å². The molecule has 0 saturated heterocycles. The van der Waals surface area contributed by atoms with Crippen LogP contribution in [-0.2, 0) is 6.54 Å². The van der Waals surface area contributed by atoms with Crippen molar-refractivity contribution >= 4 is 17.4 Å². The van der Waals surface area contributed by atoms with Gasteiger partial charge in [-0.15, -0.1) is 0 Å². The standard InChI is InChI=1S/C14H14ClFN2O2/c1-3-7-18-13(11(20-2)8-17-18)14(19)12-9(15)5-4-6-10(12)16/h4-6,8H,3,7H2,1-2H3. The first kappa shape index (κ1) is 14.5. The van der Waals surface area contributed by atoms with E-state index >= 15 is 0 Å². The number of aryl methyl sites for hydroxylation is 1. The molecule has 6 heteroatoms. The van der Waals surface area contributed by atoms with E-state index in [9.17, 15) is 9.18 Å². The average Bonchev–Trinajstić information content (AvgIpc) is 2.81. The molecule has 106 valence electrons. The molecule has 0 bridgehead atoms. The summed E-state index contributed by atoms with van der Waals surface area (Å²) in [5.74, 6) is -0.882. The molecule has 0 saturated carbocycles. The molecule has 0 N–H and O–H groups in total. The van der Waals surface area contributed by atoms with E-state index in [1.165, 1.54) is 36.2 Å². The molecule has 2 aromatic rings. The van der Waals surface area contributed by atoms with Crippen LogP contribution in [0.15, 0.2) is 24.4 Å². The maximum absolute atomic E-state index is 13.9. The van der Waals surface area contributed by atoms with Gasteiger partial charge in [-0.25, -0.2) is 4.39 Å². The van der Waals surface area contributed by atoms with Crippen molar-refractivity contribution in [2.24, 2.45) is 0 Å². The molecule has 0 atom stereocenters. The largest absolute Gasteiger partial charge is 0.493 e. The summed E-state index contributed by atoms with van der Waals surface area (Å²) in [5, 5.41) is 4.16. The van der Waals surface area contributed by atoms with Crippen LogP contribution >= 0.6 is 11.6 Å². The Morgan fingerprint density at radius 2 is 2.25 bits per heavy atom. The van der Waals surface area contributed by atoms with E-state index in [-0.39, 0.29) is 16.3 Å². The normalized spacial score (nSPS) is 10.6. The molecule has 0 radical (unpaired) electrons. The van der Waals surface area contributed by atoms with Crippen molar-refractivity contribution in [3.63, 3.8) is 0 Å². The molecule has 20 heavy (non-hydrogen) atoms. The lowest BCUT2D eigenvalue weighted by Gasteiger charge is -2.09. The number of nitrogens with zero attached hydrogens (tertiary/aromatic N) is 2. The van der Waals surface area contributed by atoms with Crippen molar-refractivity contribution in [1.82, 2.24) is 9.78 Å². The zero-order chi connectivity index (χ0) is 14.7. The van der Waals surface area contributed by atoms with E-state index in [4.69, 9.17) is 16.3 Å². The summed E-state index contributed by atoms with van der Waals surface area (Å²) < 4.78 is 20.5. The van der Waals surface area contributed by atoms with Gasteiger partial charge >= 0.3 is 0 Å². The van der Waals surface area contributed by atoms with Crippen LogP contribution in [0.4, 0.5) is 4.39 Å². The zero-order valence-electron chi connectivity index (χ0n) is 11.2. The molecule has 0 aliphatic rings. The first-order valence-corrected chi connectivity index (χ1v) is 6.56. The van der Waals surface area contributed by atoms with Crippen LogP contribution in [0.2, 0.25) is 5.02 Å². The summed E-state index contributed by atoms with van der Waals surface area (Å²) in [6, 6.07) is 4.13. The van der Waals surface area contributed by atoms with Gasteiger partial charge in [0, 0.05) is 6.54 Å². The van der Waals surface area contributed by atoms with Crippen molar-refractivity contribution in [3.05, 3.63) is 46.5 Å². The Labute approximate surface area is 121 Å². The second-order valence-electron chi connectivity index (χ2n) is 4.21. The van der Waals surface area contributed by atoms with Gasteiger partial charge in [-0.05, 0) is 18.6 Å². The molecule has 0 unspecified atom stereocenters. The van der Waals surface area contributed by atoms with Gasteiger partial charge in [0.25, 0.3) is 0 Å². The molecule has 0 amide bonds. The fourth-order valence-corrected chi connectivity index (χ4v) is 2.21. The van der Waals surface area contributed by atoms with Gasteiger partial charge in [0.05, 0.1) is 23.9 Å². The predicted octanol–water partition coefficient (Wildman–Crippen LogP) is 3.33. The second kappa shape index (κ2) is 6.05. The van der Waals surface area contributed by atoms with Crippen molar-refractivity contribution in [2.75, 3.05) is 7.11 Å². The highest BCUT2D eigenvalue weighted by Crippen LogP contribution is 2.27. The number of methoxy groups -OCH3 is 1. The van der Waals surface area contributed by atoms with Crippen molar-refractivity contribution in [1.29, 1.82) is 0 Å². The Morgan fingerprint density at radius 3 is 2.85 bits per heavy atom. The van der Waals surface area contributed by atoms with Crippen LogP contribution in [0.5, 0.6) is 5.75 Å². The molecular weight excluding hydrogens is 283 g/mol. The molecule has 2 rings (SSSR count). The minimum atomic E-state index is -0.659. The van der Waals surface area contributed by atoms with E-state index in [0.29, 0.717) is 12.3 Å². The number of hydrogen-bond donors (Lipinski definition) is 0. The summed E-state index contributed by atoms with van der Waals surface area (Å²) >= 11 is 5.93. The first-order valence-electron chi connectivity index (χ1n) is 6.18. The van der Waals surface area contributed by atoms with Gasteiger partial charge in [-0.3, -0.25) is 9.48 Å². The lowest BCUT2D eigenvalue weighted by Crippen LogP contribution is -2.14. The summed E-state index contributed by atoms with van der Waals surface area (Å²) in [4.78, 5) is 12.6. The van der Waals surface area contributed by atoms with E-state index in [2.05, 4.69) is 5.10 Å². The van der Waals surface area contributed by atoms with Gasteiger partial charge in [0.2, 0.25) is 5.78 Å². The highest BCUT2D eigenvalue weighted by Gasteiger charge is 2.25. The van der Waals surface area contributed by atoms with Gasteiger partial charge in [0.15, 0.2) is 11.4 Å². The smallest absolute Gasteiger partial charge is 0.219 e. The molecular formula is C14H14ClFN2O2. The number of aromatic nitrogens is 2. The number of halogens is 2. The fraction of sp³-hybridized carbons (Fsp3) is 0.286. The summed E-state index contributed by atoms with van der Waals surface area (Å²) in [7, 11) is 1.44. The Bertz CT molecular complexity index is 620. The van der Waals surface area contributed by atoms with Gasteiger partial charge < -0.3 is 4.74 Å². The van der Waals surface area contributed by atoms with Crippen LogP contribution in [0.3, 0.4) is 0 Å². The number of rotatable bonds is 5. The van der Waals surface area contributed by atoms with Gasteiger partial charge in [-0.1, -0.05) is 24.6 Å². The Morgan fingerprint density at radius 1 is 1.50 bits per heavy atom. The number of hydrogen-bond acceptors (Lipinski definition) is 3. The topological polar surface area (TPSA) is 44.1 Å². The van der Waals surface area contributed by atoms with Crippen LogP contribution in [-0.4, -0.2) is 22.7 Å². The monoisotopic (exact) mass is 296 g/mol. The highest BCUT2D eigenvalue weighted by molar-refractivity contribution is 6.35. The second-order valence-corrected chi connectivity index (χ2v) is 4.62. The predicted molar refractivity (Wildman–Crippen MR) is 73.9 cm³/mol. The molecule has 0 aliphatic heterocycles. The molecule has 1 heterocycles. The fourth-order valence-electron chi connectivity index (χ4n) is 1.96. The Hall–Kier alpha value is -1.88. The average molecular weight is 297 g/mol. The molecule has 0 spiro atoms.